The van der Waals surface area contributed by atoms with Crippen molar-refractivity contribution in [2.24, 2.45) is 11.8 Å². The van der Waals surface area contributed by atoms with Crippen LogP contribution in [0.1, 0.15) is 27.5 Å². The first-order chi connectivity index (χ1) is 13.7. The van der Waals surface area contributed by atoms with E-state index in [1.165, 1.54) is 0 Å². The first-order valence-corrected chi connectivity index (χ1v) is 9.78. The van der Waals surface area contributed by atoms with Gasteiger partial charge in [-0.2, -0.15) is 0 Å². The van der Waals surface area contributed by atoms with Gasteiger partial charge in [-0.3, -0.25) is 14.5 Å². The first-order valence-electron chi connectivity index (χ1n) is 9.78. The fourth-order valence-corrected chi connectivity index (χ4v) is 5.60. The molecule has 3 fully saturated rings. The van der Waals surface area contributed by atoms with E-state index in [4.69, 9.17) is 9.47 Å². The van der Waals surface area contributed by atoms with Gasteiger partial charge >= 0.3 is 0 Å². The Morgan fingerprint density at radius 2 is 1.82 bits per heavy atom. The highest BCUT2D eigenvalue weighted by Gasteiger charge is 2.67. The Balaban J connectivity index is 1.52. The van der Waals surface area contributed by atoms with E-state index in [1.54, 1.807) is 0 Å². The summed E-state index contributed by atoms with van der Waals surface area (Å²) < 4.78 is 11.5. The van der Waals surface area contributed by atoms with Crippen molar-refractivity contribution < 1.29 is 24.0 Å². The van der Waals surface area contributed by atoms with Gasteiger partial charge in [0.05, 0.1) is 30.7 Å². The van der Waals surface area contributed by atoms with Crippen LogP contribution < -0.4 is 4.90 Å². The topological polar surface area (TPSA) is 57.0 Å². The van der Waals surface area contributed by atoms with Crippen LogP contribution >= 0.6 is 0 Å². The molecule has 0 aliphatic carbocycles. The largest absolute Gasteiger partial charge is 0.343 e. The van der Waals surface area contributed by atoms with Gasteiger partial charge in [-0.15, -0.1) is 0 Å². The maximum atomic E-state index is 13.6. The number of hydrogen-bond acceptors (Lipinski definition) is 4. The van der Waals surface area contributed by atoms with E-state index in [2.05, 4.69) is 24.4 Å². The van der Waals surface area contributed by atoms with Crippen LogP contribution in [-0.4, -0.2) is 36.6 Å². The molecular formula is C23H20NO4+. The molecule has 7 atom stereocenters. The summed E-state index contributed by atoms with van der Waals surface area (Å²) in [7, 11) is 0. The maximum absolute atomic E-state index is 13.6. The van der Waals surface area contributed by atoms with Crippen LogP contribution in [0, 0.1) is 11.8 Å². The van der Waals surface area contributed by atoms with Crippen LogP contribution in [-0.2, 0) is 14.3 Å². The van der Waals surface area contributed by atoms with Gasteiger partial charge in [0.1, 0.15) is 6.04 Å². The zero-order valence-electron chi connectivity index (χ0n) is 15.2. The molecule has 5 heteroatoms. The second-order valence-corrected chi connectivity index (χ2v) is 7.99. The van der Waals surface area contributed by atoms with Crippen molar-refractivity contribution in [2.75, 3.05) is 6.61 Å². The third-order valence-corrected chi connectivity index (χ3v) is 6.70. The second-order valence-electron chi connectivity index (χ2n) is 7.99. The van der Waals surface area contributed by atoms with E-state index in [9.17, 15) is 9.59 Å². The summed E-state index contributed by atoms with van der Waals surface area (Å²) in [5.41, 5.74) is 2.93. The van der Waals surface area contributed by atoms with Crippen LogP contribution in [0.5, 0.6) is 0 Å². The molecule has 1 unspecified atom stereocenters. The van der Waals surface area contributed by atoms with Crippen LogP contribution in [0.15, 0.2) is 60.8 Å². The molecule has 5 nitrogen and oxygen atoms in total. The molecule has 1 N–H and O–H groups in total. The Morgan fingerprint density at radius 1 is 1.04 bits per heavy atom. The Morgan fingerprint density at radius 3 is 2.68 bits per heavy atom. The minimum atomic E-state index is -0.781. The predicted octanol–water partition coefficient (Wildman–Crippen LogP) is 1.42. The minimum absolute atomic E-state index is 0.0188. The number of benzene rings is 2. The van der Waals surface area contributed by atoms with E-state index < -0.39 is 6.29 Å². The molecule has 0 saturated carbocycles. The lowest BCUT2D eigenvalue weighted by Gasteiger charge is -2.30. The van der Waals surface area contributed by atoms with Crippen molar-refractivity contribution in [1.29, 1.82) is 0 Å². The lowest BCUT2D eigenvalue weighted by Crippen LogP contribution is -3.11. The Labute approximate surface area is 162 Å². The molecule has 140 valence electrons. The number of quaternary nitrogens is 1. The molecule has 3 saturated heterocycles. The van der Waals surface area contributed by atoms with Crippen molar-refractivity contribution in [3.8, 4) is 0 Å². The zero-order chi connectivity index (χ0) is 18.8. The molecule has 4 aliphatic rings. The highest BCUT2D eigenvalue weighted by atomic mass is 16.7. The normalized spacial score (nSPS) is 37.3. The van der Waals surface area contributed by atoms with Gasteiger partial charge in [0.25, 0.3) is 0 Å². The molecule has 2 aromatic carbocycles. The van der Waals surface area contributed by atoms with Crippen molar-refractivity contribution in [3.05, 3.63) is 77.5 Å². The zero-order valence-corrected chi connectivity index (χ0v) is 15.2. The van der Waals surface area contributed by atoms with E-state index in [0.717, 1.165) is 16.0 Å². The van der Waals surface area contributed by atoms with Crippen molar-refractivity contribution in [2.45, 2.75) is 24.5 Å². The maximum Gasteiger partial charge on any atom is 0.220 e. The molecule has 4 heterocycles. The van der Waals surface area contributed by atoms with Gasteiger partial charge in [-0.25, -0.2) is 0 Å². The molecule has 0 aromatic heterocycles. The fraction of sp³-hybridized carbons (Fsp3) is 0.304. The summed E-state index contributed by atoms with van der Waals surface area (Å²) in [5, 5.41) is 0. The average Bonchev–Trinajstić information content (AvgIpc) is 3.33. The second kappa shape index (κ2) is 5.95. The minimum Gasteiger partial charge on any atom is -0.343 e. The van der Waals surface area contributed by atoms with Gasteiger partial charge in [0.2, 0.25) is 12.1 Å². The van der Waals surface area contributed by atoms with Crippen LogP contribution in [0.2, 0.25) is 0 Å². The smallest absolute Gasteiger partial charge is 0.220 e. The Bertz CT molecular complexity index is 1000. The molecule has 0 spiro atoms. The standard InChI is InChI=1S/C23H19NO4/c25-21(14-7-2-1-3-8-14)20-17-16-12-27-23(28-16)22(26)18(17)19-15-9-5-4-6-13(15)10-11-24(19)20/h1-11,16-20,23H,12H2/p+1/t16-,17+,18+,19-,20+,23-/m0/s1. The summed E-state index contributed by atoms with van der Waals surface area (Å²) >= 11 is 0. The van der Waals surface area contributed by atoms with Crippen molar-refractivity contribution in [1.82, 2.24) is 0 Å². The SMILES string of the molecule is O=C1[C@H]2OC[C@H](O2)[C@@H]2[C@@H]1[C@@H]1c3ccccc3C=C[NH+]1[C@H]2C(=O)c1ccccc1. The number of carbonyl (C=O) groups is 2. The molecular weight excluding hydrogens is 354 g/mol. The van der Waals surface area contributed by atoms with Crippen molar-refractivity contribution >= 4 is 17.6 Å². The summed E-state index contributed by atoms with van der Waals surface area (Å²) in [6.45, 7) is 0.376. The van der Waals surface area contributed by atoms with Gasteiger partial charge in [-0.1, -0.05) is 54.6 Å². The van der Waals surface area contributed by atoms with E-state index in [0.29, 0.717) is 12.2 Å². The summed E-state index contributed by atoms with van der Waals surface area (Å²) in [4.78, 5) is 27.9. The third kappa shape index (κ3) is 2.12. The number of Topliss-reactive ketones (excluding diaryl/α,β-unsaturated/α-hetero) is 2. The third-order valence-electron chi connectivity index (χ3n) is 6.70. The van der Waals surface area contributed by atoms with Gasteiger partial charge in [0, 0.05) is 11.1 Å². The fourth-order valence-electron chi connectivity index (χ4n) is 5.60. The quantitative estimate of drug-likeness (QED) is 0.808. The molecule has 28 heavy (non-hydrogen) atoms. The molecule has 2 aromatic rings. The van der Waals surface area contributed by atoms with Crippen molar-refractivity contribution in [3.63, 3.8) is 0 Å². The summed E-state index contributed by atoms with van der Waals surface area (Å²) in [6.07, 6.45) is 3.14. The number of ketones is 2. The molecule has 6 rings (SSSR count). The summed E-state index contributed by atoms with van der Waals surface area (Å²) in [6, 6.07) is 17.1. The number of ether oxygens (including phenoxy) is 2. The van der Waals surface area contributed by atoms with Crippen LogP contribution in [0.3, 0.4) is 0 Å². The van der Waals surface area contributed by atoms with Gasteiger partial charge < -0.3 is 9.47 Å². The molecule has 0 radical (unpaired) electrons. The predicted molar refractivity (Wildman–Crippen MR) is 100 cm³/mol. The van der Waals surface area contributed by atoms with Gasteiger partial charge in [-0.05, 0) is 11.6 Å². The van der Waals surface area contributed by atoms with Gasteiger partial charge in [0.15, 0.2) is 11.8 Å². The Hall–Kier alpha value is -2.60. The molecule has 2 bridgehead atoms. The van der Waals surface area contributed by atoms with Crippen LogP contribution in [0.4, 0.5) is 0 Å². The van der Waals surface area contributed by atoms with Crippen LogP contribution in [0.25, 0.3) is 6.08 Å². The molecule has 4 aliphatic heterocycles. The highest BCUT2D eigenvalue weighted by molar-refractivity contribution is 6.01. The summed E-state index contributed by atoms with van der Waals surface area (Å²) in [5.74, 6) is -0.409. The van der Waals surface area contributed by atoms with E-state index >= 15 is 0 Å². The number of carbonyl (C=O) groups excluding carboxylic acids is 2. The number of fused-ring (bicyclic) bond motifs is 8. The number of nitrogens with one attached hydrogen (secondary N) is 1. The lowest BCUT2D eigenvalue weighted by molar-refractivity contribution is -0.884. The monoisotopic (exact) mass is 374 g/mol. The van der Waals surface area contributed by atoms with E-state index in [-0.39, 0.29) is 41.6 Å². The average molecular weight is 374 g/mol. The molecule has 0 amide bonds. The van der Waals surface area contributed by atoms with E-state index in [1.807, 2.05) is 42.5 Å². The Kier molecular flexibility index (Phi) is 3.48. The number of rotatable bonds is 2. The highest BCUT2D eigenvalue weighted by Crippen LogP contribution is 2.46. The lowest BCUT2D eigenvalue weighted by atomic mass is 9.75. The first kappa shape index (κ1) is 16.4. The number of hydrogen-bond donors (Lipinski definition) is 1.